The Balaban J connectivity index is 1.81. The molecule has 2 rings (SSSR count). The number of hydrogen-bond acceptors (Lipinski definition) is 4. The van der Waals surface area contributed by atoms with Crippen LogP contribution in [0.25, 0.3) is 0 Å². The number of furan rings is 1. The highest BCUT2D eigenvalue weighted by Gasteiger charge is 2.39. The lowest BCUT2D eigenvalue weighted by molar-refractivity contribution is 0.0382. The van der Waals surface area contributed by atoms with Gasteiger partial charge in [0.05, 0.1) is 18.3 Å². The first-order valence-electron chi connectivity index (χ1n) is 7.55. The molecular formula is C16H26N2O3. The van der Waals surface area contributed by atoms with Gasteiger partial charge in [-0.3, -0.25) is 0 Å². The van der Waals surface area contributed by atoms with E-state index in [4.69, 9.17) is 9.15 Å². The lowest BCUT2D eigenvalue weighted by Crippen LogP contribution is -2.59. The molecule has 0 saturated heterocycles. The first-order valence-corrected chi connectivity index (χ1v) is 7.55. The molecule has 118 valence electrons. The van der Waals surface area contributed by atoms with E-state index < -0.39 is 5.60 Å². The second kappa shape index (κ2) is 6.10. The fourth-order valence-electron chi connectivity index (χ4n) is 2.47. The molecule has 0 aromatic carbocycles. The van der Waals surface area contributed by atoms with Crippen LogP contribution in [-0.2, 0) is 11.3 Å². The summed E-state index contributed by atoms with van der Waals surface area (Å²) in [6, 6.07) is 1.95. The van der Waals surface area contributed by atoms with Gasteiger partial charge >= 0.3 is 6.09 Å². The predicted octanol–water partition coefficient (Wildman–Crippen LogP) is 3.13. The topological polar surface area (TPSA) is 63.5 Å². The number of carbonyl (C=O) groups is 1. The van der Waals surface area contributed by atoms with E-state index in [9.17, 15) is 4.79 Å². The highest BCUT2D eigenvalue weighted by Crippen LogP contribution is 2.31. The Morgan fingerprint density at radius 3 is 2.62 bits per heavy atom. The molecule has 5 nitrogen and oxygen atoms in total. The Morgan fingerprint density at radius 2 is 2.14 bits per heavy atom. The van der Waals surface area contributed by atoms with Crippen LogP contribution in [0.2, 0.25) is 0 Å². The molecule has 0 radical (unpaired) electrons. The quantitative estimate of drug-likeness (QED) is 0.876. The van der Waals surface area contributed by atoms with Gasteiger partial charge in [-0.1, -0.05) is 0 Å². The fourth-order valence-corrected chi connectivity index (χ4v) is 2.47. The molecule has 1 aromatic rings. The molecule has 1 amide bonds. The lowest BCUT2D eigenvalue weighted by atomic mass is 9.76. The van der Waals surface area contributed by atoms with Crippen LogP contribution in [0.3, 0.4) is 0 Å². The largest absolute Gasteiger partial charge is 0.468 e. The molecule has 0 spiro atoms. The van der Waals surface area contributed by atoms with Crippen LogP contribution in [-0.4, -0.2) is 23.8 Å². The molecule has 1 fully saturated rings. The fraction of sp³-hybridized carbons (Fsp3) is 0.688. The third-order valence-electron chi connectivity index (χ3n) is 3.79. The van der Waals surface area contributed by atoms with E-state index in [1.807, 2.05) is 33.8 Å². The molecular weight excluding hydrogens is 268 g/mol. The Morgan fingerprint density at radius 1 is 1.43 bits per heavy atom. The molecule has 1 saturated carbocycles. The summed E-state index contributed by atoms with van der Waals surface area (Å²) in [4.78, 5) is 11.9. The first-order chi connectivity index (χ1) is 9.80. The van der Waals surface area contributed by atoms with Crippen LogP contribution >= 0.6 is 0 Å². The molecule has 0 aliphatic heterocycles. The normalized spacial score (nSPS) is 17.1. The number of rotatable bonds is 5. The molecule has 5 heteroatoms. The summed E-state index contributed by atoms with van der Waals surface area (Å²) >= 11 is 0. The summed E-state index contributed by atoms with van der Waals surface area (Å²) in [5.74, 6) is 0.946. The maximum Gasteiger partial charge on any atom is 0.408 e. The van der Waals surface area contributed by atoms with Crippen LogP contribution in [0.4, 0.5) is 4.79 Å². The van der Waals surface area contributed by atoms with Crippen molar-refractivity contribution in [3.05, 3.63) is 23.7 Å². The maximum absolute atomic E-state index is 11.9. The zero-order valence-corrected chi connectivity index (χ0v) is 13.4. The van der Waals surface area contributed by atoms with Crippen LogP contribution < -0.4 is 10.6 Å². The Kier molecular flexibility index (Phi) is 4.61. The molecule has 0 unspecified atom stereocenters. The number of carbonyl (C=O) groups excluding carboxylic acids is 1. The van der Waals surface area contributed by atoms with Gasteiger partial charge in [-0.15, -0.1) is 0 Å². The second-order valence-electron chi connectivity index (χ2n) is 6.89. The van der Waals surface area contributed by atoms with E-state index in [0.717, 1.165) is 37.1 Å². The van der Waals surface area contributed by atoms with E-state index in [2.05, 4.69) is 10.6 Å². The average molecular weight is 294 g/mol. The minimum Gasteiger partial charge on any atom is -0.468 e. The highest BCUT2D eigenvalue weighted by atomic mass is 16.6. The Labute approximate surface area is 126 Å². The van der Waals surface area contributed by atoms with E-state index in [1.54, 1.807) is 6.26 Å². The molecule has 1 aliphatic carbocycles. The van der Waals surface area contributed by atoms with Gasteiger partial charge in [0.25, 0.3) is 0 Å². The molecule has 1 aromatic heterocycles. The standard InChI is InChI=1S/C16H26N2O3/c1-12-6-9-20-13(12)10-17-11-16(7-5-8-16)18-14(19)21-15(2,3)4/h6,9,17H,5,7-8,10-11H2,1-4H3,(H,18,19). The summed E-state index contributed by atoms with van der Waals surface area (Å²) in [6.45, 7) is 9.05. The van der Waals surface area contributed by atoms with Crippen LogP contribution in [0.1, 0.15) is 51.4 Å². The monoisotopic (exact) mass is 294 g/mol. The molecule has 0 bridgehead atoms. The van der Waals surface area contributed by atoms with Gasteiger partial charge in [0, 0.05) is 6.54 Å². The third-order valence-corrected chi connectivity index (χ3v) is 3.79. The van der Waals surface area contributed by atoms with Gasteiger partial charge in [0.2, 0.25) is 0 Å². The maximum atomic E-state index is 11.9. The van der Waals surface area contributed by atoms with Crippen molar-refractivity contribution in [2.45, 2.75) is 64.6 Å². The van der Waals surface area contributed by atoms with E-state index in [1.165, 1.54) is 0 Å². The molecule has 21 heavy (non-hydrogen) atoms. The smallest absolute Gasteiger partial charge is 0.408 e. The molecule has 1 heterocycles. The zero-order chi connectivity index (χ0) is 15.5. The van der Waals surface area contributed by atoms with E-state index >= 15 is 0 Å². The van der Waals surface area contributed by atoms with E-state index in [-0.39, 0.29) is 11.6 Å². The summed E-state index contributed by atoms with van der Waals surface area (Å²) in [6.07, 6.45) is 4.47. The second-order valence-corrected chi connectivity index (χ2v) is 6.89. The summed E-state index contributed by atoms with van der Waals surface area (Å²) in [5.41, 5.74) is 0.501. The minimum atomic E-state index is -0.465. The number of ether oxygens (including phenoxy) is 1. The van der Waals surface area contributed by atoms with Crippen LogP contribution in [0.5, 0.6) is 0 Å². The highest BCUT2D eigenvalue weighted by molar-refractivity contribution is 5.69. The number of aryl methyl sites for hydroxylation is 1. The average Bonchev–Trinajstić information content (AvgIpc) is 2.69. The third kappa shape index (κ3) is 4.49. The van der Waals surface area contributed by atoms with Gasteiger partial charge < -0.3 is 19.8 Å². The zero-order valence-electron chi connectivity index (χ0n) is 13.4. The Bertz CT molecular complexity index is 484. The predicted molar refractivity (Wildman–Crippen MR) is 81.1 cm³/mol. The van der Waals surface area contributed by atoms with Crippen molar-refractivity contribution >= 4 is 6.09 Å². The van der Waals surface area contributed by atoms with Crippen LogP contribution in [0, 0.1) is 6.92 Å². The minimum absolute atomic E-state index is 0.178. The van der Waals surface area contributed by atoms with Crippen molar-refractivity contribution in [1.29, 1.82) is 0 Å². The van der Waals surface area contributed by atoms with Crippen molar-refractivity contribution < 1.29 is 13.9 Å². The van der Waals surface area contributed by atoms with Crippen molar-refractivity contribution in [2.24, 2.45) is 0 Å². The number of amides is 1. The van der Waals surface area contributed by atoms with Gasteiger partial charge in [-0.2, -0.15) is 0 Å². The lowest BCUT2D eigenvalue weighted by Gasteiger charge is -2.42. The van der Waals surface area contributed by atoms with Gasteiger partial charge in [-0.25, -0.2) is 4.79 Å². The van der Waals surface area contributed by atoms with Crippen molar-refractivity contribution in [2.75, 3.05) is 6.54 Å². The van der Waals surface area contributed by atoms with Gasteiger partial charge in [0.15, 0.2) is 0 Å². The first kappa shape index (κ1) is 15.9. The van der Waals surface area contributed by atoms with Crippen LogP contribution in [0.15, 0.2) is 16.7 Å². The van der Waals surface area contributed by atoms with E-state index in [0.29, 0.717) is 6.54 Å². The van der Waals surface area contributed by atoms with Crippen molar-refractivity contribution in [1.82, 2.24) is 10.6 Å². The summed E-state index contributed by atoms with van der Waals surface area (Å²) < 4.78 is 10.7. The number of nitrogens with one attached hydrogen (secondary N) is 2. The molecule has 1 aliphatic rings. The van der Waals surface area contributed by atoms with Gasteiger partial charge in [0.1, 0.15) is 11.4 Å². The summed E-state index contributed by atoms with van der Waals surface area (Å²) in [7, 11) is 0. The number of alkyl carbamates (subject to hydrolysis) is 1. The molecule has 2 N–H and O–H groups in total. The Hall–Kier alpha value is -1.49. The van der Waals surface area contributed by atoms with Gasteiger partial charge in [-0.05, 0) is 58.6 Å². The summed E-state index contributed by atoms with van der Waals surface area (Å²) in [5, 5.41) is 6.40. The SMILES string of the molecule is Cc1ccoc1CNCC1(NC(=O)OC(C)(C)C)CCC1. The van der Waals surface area contributed by atoms with Crippen molar-refractivity contribution in [3.8, 4) is 0 Å². The van der Waals surface area contributed by atoms with Crippen molar-refractivity contribution in [3.63, 3.8) is 0 Å². The number of hydrogen-bond donors (Lipinski definition) is 2. The molecule has 0 atom stereocenters.